The molecule has 7 nitrogen and oxygen atoms in total. The van der Waals surface area contributed by atoms with Crippen molar-refractivity contribution >= 4 is 17.7 Å². The van der Waals surface area contributed by atoms with Gasteiger partial charge in [-0.25, -0.2) is 0 Å². The van der Waals surface area contributed by atoms with E-state index in [0.29, 0.717) is 44.8 Å². The molecule has 0 unspecified atom stereocenters. The minimum Gasteiger partial charge on any atom is -0.343 e. The zero-order valence-corrected chi connectivity index (χ0v) is 18.2. The van der Waals surface area contributed by atoms with Crippen molar-refractivity contribution in [2.45, 2.75) is 34.1 Å². The molecule has 0 bridgehead atoms. The molecular weight excluding hydrogens is 368 g/mol. The Kier molecular flexibility index (Phi) is 8.64. The Hall–Kier alpha value is -2.41. The highest BCUT2D eigenvalue weighted by atomic mass is 16.2. The average molecular weight is 403 g/mol. The SMILES string of the molecule is CCN(CC)C(=O)CN1CCCN(C(=O)CNC(=O)c2cc(C)cc(C)c2)CC1. The van der Waals surface area contributed by atoms with Crippen LogP contribution in [0.2, 0.25) is 0 Å². The topological polar surface area (TPSA) is 73.0 Å². The molecule has 0 spiro atoms. The smallest absolute Gasteiger partial charge is 0.251 e. The maximum Gasteiger partial charge on any atom is 0.251 e. The summed E-state index contributed by atoms with van der Waals surface area (Å²) < 4.78 is 0. The summed E-state index contributed by atoms with van der Waals surface area (Å²) in [6.45, 7) is 12.4. The van der Waals surface area contributed by atoms with E-state index >= 15 is 0 Å². The summed E-state index contributed by atoms with van der Waals surface area (Å²) >= 11 is 0. The summed E-state index contributed by atoms with van der Waals surface area (Å²) in [5.41, 5.74) is 2.62. The van der Waals surface area contributed by atoms with E-state index in [1.54, 1.807) is 4.90 Å². The molecule has 29 heavy (non-hydrogen) atoms. The summed E-state index contributed by atoms with van der Waals surface area (Å²) in [6.07, 6.45) is 0.822. The van der Waals surface area contributed by atoms with Crippen LogP contribution in [0.15, 0.2) is 18.2 Å². The summed E-state index contributed by atoms with van der Waals surface area (Å²) in [6, 6.07) is 5.66. The number of hydrogen-bond acceptors (Lipinski definition) is 4. The highest BCUT2D eigenvalue weighted by molar-refractivity contribution is 5.96. The largest absolute Gasteiger partial charge is 0.343 e. The van der Waals surface area contributed by atoms with E-state index in [2.05, 4.69) is 10.2 Å². The fourth-order valence-corrected chi connectivity index (χ4v) is 3.72. The van der Waals surface area contributed by atoms with Gasteiger partial charge < -0.3 is 15.1 Å². The minimum atomic E-state index is -0.230. The molecule has 3 amide bonds. The van der Waals surface area contributed by atoms with E-state index in [4.69, 9.17) is 0 Å². The lowest BCUT2D eigenvalue weighted by Gasteiger charge is -2.25. The van der Waals surface area contributed by atoms with Gasteiger partial charge in [0.15, 0.2) is 0 Å². The number of amides is 3. The lowest BCUT2D eigenvalue weighted by molar-refractivity contribution is -0.132. The lowest BCUT2D eigenvalue weighted by atomic mass is 10.1. The number of hydrogen-bond donors (Lipinski definition) is 1. The van der Waals surface area contributed by atoms with Crippen molar-refractivity contribution in [1.29, 1.82) is 0 Å². The standard InChI is InChI=1S/C22H34N4O3/c1-5-25(6-2)21(28)16-24-8-7-9-26(11-10-24)20(27)15-23-22(29)19-13-17(3)12-18(4)14-19/h12-14H,5-11,15-16H2,1-4H3,(H,23,29). The monoisotopic (exact) mass is 402 g/mol. The number of nitrogens with zero attached hydrogens (tertiary/aromatic N) is 3. The third-order valence-electron chi connectivity index (χ3n) is 5.30. The Morgan fingerprint density at radius 3 is 2.24 bits per heavy atom. The number of nitrogens with one attached hydrogen (secondary N) is 1. The second kappa shape index (κ2) is 11.0. The molecule has 0 atom stereocenters. The number of rotatable bonds is 7. The van der Waals surface area contributed by atoms with Crippen molar-refractivity contribution in [3.05, 3.63) is 34.9 Å². The van der Waals surface area contributed by atoms with E-state index in [1.807, 2.05) is 50.8 Å². The molecule has 1 aliphatic rings. The first-order valence-electron chi connectivity index (χ1n) is 10.5. The molecule has 1 aromatic carbocycles. The number of benzene rings is 1. The van der Waals surface area contributed by atoms with Crippen LogP contribution in [0, 0.1) is 13.8 Å². The maximum absolute atomic E-state index is 12.6. The van der Waals surface area contributed by atoms with Crippen LogP contribution < -0.4 is 5.32 Å². The molecule has 0 saturated carbocycles. The molecule has 1 N–H and O–H groups in total. The van der Waals surface area contributed by atoms with Crippen LogP contribution in [0.1, 0.15) is 41.8 Å². The lowest BCUT2D eigenvalue weighted by Crippen LogP contribution is -2.43. The van der Waals surface area contributed by atoms with Crippen LogP contribution in [-0.2, 0) is 9.59 Å². The van der Waals surface area contributed by atoms with Gasteiger partial charge in [-0.1, -0.05) is 17.2 Å². The Balaban J connectivity index is 1.83. The molecule has 1 saturated heterocycles. The fourth-order valence-electron chi connectivity index (χ4n) is 3.72. The normalized spacial score (nSPS) is 15.0. The van der Waals surface area contributed by atoms with E-state index in [1.165, 1.54) is 0 Å². The van der Waals surface area contributed by atoms with Crippen molar-refractivity contribution in [3.63, 3.8) is 0 Å². The van der Waals surface area contributed by atoms with Gasteiger partial charge in [-0.3, -0.25) is 19.3 Å². The number of carbonyl (C=O) groups excluding carboxylic acids is 3. The molecule has 2 rings (SSSR count). The van der Waals surface area contributed by atoms with Gasteiger partial charge in [-0.15, -0.1) is 0 Å². The van der Waals surface area contributed by atoms with Crippen LogP contribution >= 0.6 is 0 Å². The zero-order chi connectivity index (χ0) is 21.4. The van der Waals surface area contributed by atoms with Crippen molar-refractivity contribution in [1.82, 2.24) is 20.0 Å². The molecule has 1 fully saturated rings. The molecular formula is C22H34N4O3. The molecule has 7 heteroatoms. The van der Waals surface area contributed by atoms with Crippen molar-refractivity contribution in [2.75, 3.05) is 52.4 Å². The summed E-state index contributed by atoms with van der Waals surface area (Å²) in [4.78, 5) is 43.0. The predicted molar refractivity (Wildman–Crippen MR) is 114 cm³/mol. The second-order valence-corrected chi connectivity index (χ2v) is 7.64. The molecule has 0 aromatic heterocycles. The van der Waals surface area contributed by atoms with Crippen LogP contribution in [-0.4, -0.2) is 84.8 Å². The number of aryl methyl sites for hydroxylation is 2. The highest BCUT2D eigenvalue weighted by Gasteiger charge is 2.22. The van der Waals surface area contributed by atoms with Crippen LogP contribution in [0.5, 0.6) is 0 Å². The molecule has 1 heterocycles. The van der Waals surface area contributed by atoms with E-state index in [9.17, 15) is 14.4 Å². The van der Waals surface area contributed by atoms with E-state index < -0.39 is 0 Å². The second-order valence-electron chi connectivity index (χ2n) is 7.64. The Bertz CT molecular complexity index is 711. The van der Waals surface area contributed by atoms with Gasteiger partial charge in [0.25, 0.3) is 5.91 Å². The van der Waals surface area contributed by atoms with Crippen molar-refractivity contribution in [2.24, 2.45) is 0 Å². The van der Waals surface area contributed by atoms with Gasteiger partial charge in [0.2, 0.25) is 11.8 Å². The molecule has 1 aliphatic heterocycles. The highest BCUT2D eigenvalue weighted by Crippen LogP contribution is 2.09. The van der Waals surface area contributed by atoms with Crippen LogP contribution in [0.4, 0.5) is 0 Å². The van der Waals surface area contributed by atoms with E-state index in [0.717, 1.165) is 24.1 Å². The summed E-state index contributed by atoms with van der Waals surface area (Å²) in [7, 11) is 0. The Morgan fingerprint density at radius 1 is 0.966 bits per heavy atom. The summed E-state index contributed by atoms with van der Waals surface area (Å²) in [5, 5.41) is 2.74. The van der Waals surface area contributed by atoms with Crippen molar-refractivity contribution < 1.29 is 14.4 Å². The number of carbonyl (C=O) groups is 3. The minimum absolute atomic E-state index is 0.00972. The van der Waals surface area contributed by atoms with E-state index in [-0.39, 0.29) is 24.3 Å². The van der Waals surface area contributed by atoms with Gasteiger partial charge in [0.05, 0.1) is 13.1 Å². The van der Waals surface area contributed by atoms with Crippen LogP contribution in [0.25, 0.3) is 0 Å². The first-order chi connectivity index (χ1) is 13.8. The average Bonchev–Trinajstić information content (AvgIpc) is 2.91. The third-order valence-corrected chi connectivity index (χ3v) is 5.30. The first kappa shape index (κ1) is 22.9. The molecule has 0 aliphatic carbocycles. The first-order valence-corrected chi connectivity index (χ1v) is 10.5. The van der Waals surface area contributed by atoms with Crippen LogP contribution in [0.3, 0.4) is 0 Å². The fraction of sp³-hybridized carbons (Fsp3) is 0.591. The van der Waals surface area contributed by atoms with Gasteiger partial charge in [0, 0.05) is 44.8 Å². The van der Waals surface area contributed by atoms with Gasteiger partial charge in [-0.05, 0) is 46.2 Å². The Labute approximate surface area is 174 Å². The van der Waals surface area contributed by atoms with Crippen molar-refractivity contribution in [3.8, 4) is 0 Å². The molecule has 160 valence electrons. The maximum atomic E-state index is 12.6. The molecule has 1 aromatic rings. The quantitative estimate of drug-likeness (QED) is 0.749. The summed E-state index contributed by atoms with van der Waals surface area (Å²) in [5.74, 6) is -0.179. The Morgan fingerprint density at radius 2 is 1.62 bits per heavy atom. The predicted octanol–water partition coefficient (Wildman–Crippen LogP) is 1.44. The van der Waals surface area contributed by atoms with Gasteiger partial charge >= 0.3 is 0 Å². The van der Waals surface area contributed by atoms with Gasteiger partial charge in [0.1, 0.15) is 0 Å². The van der Waals surface area contributed by atoms with Gasteiger partial charge in [-0.2, -0.15) is 0 Å². The third kappa shape index (κ3) is 6.85. The number of likely N-dealkylation sites (N-methyl/N-ethyl adjacent to an activating group) is 1. The molecule has 0 radical (unpaired) electrons. The zero-order valence-electron chi connectivity index (χ0n) is 18.2.